The van der Waals surface area contributed by atoms with Crippen LogP contribution in [0.15, 0.2) is 97.2 Å². The molecule has 0 radical (unpaired) electrons. The van der Waals surface area contributed by atoms with Gasteiger partial charge in [0.1, 0.15) is 5.65 Å². The molecule has 2 aromatic heterocycles. The summed E-state index contributed by atoms with van der Waals surface area (Å²) in [5.74, 6) is 0. The topological polar surface area (TPSA) is 17.3 Å². The van der Waals surface area contributed by atoms with Gasteiger partial charge >= 0.3 is 0 Å². The predicted octanol–water partition coefficient (Wildman–Crippen LogP) is 6.46. The number of benzene rings is 4. The average molecular weight is 344 g/mol. The first-order valence-corrected chi connectivity index (χ1v) is 9.17. The Morgan fingerprint density at radius 3 is 2.19 bits per heavy atom. The monoisotopic (exact) mass is 344 g/mol. The van der Waals surface area contributed by atoms with Gasteiger partial charge in [0.05, 0.1) is 11.0 Å². The van der Waals surface area contributed by atoms with E-state index < -0.39 is 0 Å². The summed E-state index contributed by atoms with van der Waals surface area (Å²) >= 11 is 0. The summed E-state index contributed by atoms with van der Waals surface area (Å²) in [6.45, 7) is 0. The van der Waals surface area contributed by atoms with Crippen molar-refractivity contribution in [2.24, 2.45) is 0 Å². The minimum atomic E-state index is 0.982. The number of fused-ring (bicyclic) bond motifs is 8. The SMILES string of the molecule is c1ccc(-c2ccc3c4ccccc4c4nc5ccccn5c4c3c2)cc1. The highest BCUT2D eigenvalue weighted by Gasteiger charge is 2.14. The van der Waals surface area contributed by atoms with Crippen molar-refractivity contribution in [1.82, 2.24) is 9.38 Å². The van der Waals surface area contributed by atoms with Gasteiger partial charge in [-0.1, -0.05) is 72.8 Å². The van der Waals surface area contributed by atoms with Gasteiger partial charge < -0.3 is 0 Å². The van der Waals surface area contributed by atoms with Crippen LogP contribution in [0.25, 0.3) is 49.4 Å². The fourth-order valence-electron chi connectivity index (χ4n) is 4.15. The van der Waals surface area contributed by atoms with E-state index in [4.69, 9.17) is 4.98 Å². The number of pyridine rings is 1. The third-order valence-electron chi connectivity index (χ3n) is 5.38. The zero-order valence-corrected chi connectivity index (χ0v) is 14.6. The van der Waals surface area contributed by atoms with Crippen LogP contribution in [-0.4, -0.2) is 9.38 Å². The normalized spacial score (nSPS) is 11.7. The molecule has 2 nitrogen and oxygen atoms in total. The summed E-state index contributed by atoms with van der Waals surface area (Å²) < 4.78 is 2.21. The third kappa shape index (κ3) is 2.04. The molecule has 2 heteroatoms. The zero-order valence-electron chi connectivity index (χ0n) is 14.6. The molecule has 0 aliphatic heterocycles. The standard InChI is InChI=1S/C25H16N2/c1-2-8-17(9-3-1)18-13-14-20-19-10-4-5-11-21(19)24-25(22(20)16-18)27-15-7-6-12-23(27)26-24/h1-16H. The van der Waals surface area contributed by atoms with Crippen LogP contribution in [0.4, 0.5) is 0 Å². The van der Waals surface area contributed by atoms with Gasteiger partial charge in [0.15, 0.2) is 0 Å². The summed E-state index contributed by atoms with van der Waals surface area (Å²) in [5, 5.41) is 4.96. The Balaban J connectivity index is 1.87. The van der Waals surface area contributed by atoms with Crippen LogP contribution in [0.3, 0.4) is 0 Å². The van der Waals surface area contributed by atoms with Crippen molar-refractivity contribution in [3.63, 3.8) is 0 Å². The van der Waals surface area contributed by atoms with Crippen molar-refractivity contribution in [2.45, 2.75) is 0 Å². The molecule has 0 N–H and O–H groups in total. The van der Waals surface area contributed by atoms with Gasteiger partial charge in [0.25, 0.3) is 0 Å². The highest BCUT2D eigenvalue weighted by Crippen LogP contribution is 2.37. The lowest BCUT2D eigenvalue weighted by molar-refractivity contribution is 1.23. The maximum atomic E-state index is 4.96. The molecule has 0 aliphatic rings. The Morgan fingerprint density at radius 2 is 1.30 bits per heavy atom. The number of aromatic nitrogens is 2. The Hall–Kier alpha value is -3.65. The van der Waals surface area contributed by atoms with Crippen molar-refractivity contribution < 1.29 is 0 Å². The van der Waals surface area contributed by atoms with E-state index in [1.807, 2.05) is 6.07 Å². The molecule has 0 aliphatic carbocycles. The Labute approximate surface area is 156 Å². The lowest BCUT2D eigenvalue weighted by Gasteiger charge is -2.09. The van der Waals surface area contributed by atoms with Crippen molar-refractivity contribution in [1.29, 1.82) is 0 Å². The number of imidazole rings is 1. The van der Waals surface area contributed by atoms with Crippen LogP contribution in [0.2, 0.25) is 0 Å². The average Bonchev–Trinajstić information content (AvgIpc) is 3.14. The second kappa shape index (κ2) is 5.42. The van der Waals surface area contributed by atoms with Crippen molar-refractivity contribution >= 4 is 38.2 Å². The van der Waals surface area contributed by atoms with Gasteiger partial charge in [-0.2, -0.15) is 0 Å². The number of hydrogen-bond acceptors (Lipinski definition) is 1. The highest BCUT2D eigenvalue weighted by molar-refractivity contribution is 6.24. The largest absolute Gasteiger partial charge is 0.299 e. The summed E-state index contributed by atoms with van der Waals surface area (Å²) in [6.07, 6.45) is 2.11. The smallest absolute Gasteiger partial charge is 0.137 e. The quantitative estimate of drug-likeness (QED) is 0.313. The summed E-state index contributed by atoms with van der Waals surface area (Å²) in [4.78, 5) is 4.96. The fourth-order valence-corrected chi connectivity index (χ4v) is 4.15. The van der Waals surface area contributed by atoms with Gasteiger partial charge in [-0.3, -0.25) is 4.40 Å². The zero-order chi connectivity index (χ0) is 17.8. The third-order valence-corrected chi connectivity index (χ3v) is 5.38. The molecule has 0 spiro atoms. The van der Waals surface area contributed by atoms with E-state index >= 15 is 0 Å². The minimum Gasteiger partial charge on any atom is -0.299 e. The number of nitrogens with zero attached hydrogens (tertiary/aromatic N) is 2. The van der Waals surface area contributed by atoms with Crippen LogP contribution in [0, 0.1) is 0 Å². The predicted molar refractivity (Wildman–Crippen MR) is 113 cm³/mol. The molecule has 0 fully saturated rings. The Bertz CT molecular complexity index is 1460. The number of rotatable bonds is 1. The van der Waals surface area contributed by atoms with Gasteiger partial charge in [0, 0.05) is 17.0 Å². The second-order valence-corrected chi connectivity index (χ2v) is 6.91. The minimum absolute atomic E-state index is 0.982. The van der Waals surface area contributed by atoms with Crippen molar-refractivity contribution in [3.05, 3.63) is 97.2 Å². The van der Waals surface area contributed by atoms with Crippen LogP contribution in [0.1, 0.15) is 0 Å². The summed E-state index contributed by atoms with van der Waals surface area (Å²) in [5.41, 5.74) is 5.68. The van der Waals surface area contributed by atoms with E-state index in [0.29, 0.717) is 0 Å². The molecule has 0 atom stereocenters. The molecule has 126 valence electrons. The molecule has 0 unspecified atom stereocenters. The maximum absolute atomic E-state index is 4.96. The first-order valence-electron chi connectivity index (χ1n) is 9.17. The maximum Gasteiger partial charge on any atom is 0.137 e. The molecule has 4 aromatic carbocycles. The van der Waals surface area contributed by atoms with Crippen molar-refractivity contribution in [2.75, 3.05) is 0 Å². The molecule has 2 heterocycles. The summed E-state index contributed by atoms with van der Waals surface area (Å²) in [7, 11) is 0. The van der Waals surface area contributed by atoms with Gasteiger partial charge in [-0.15, -0.1) is 0 Å². The molecular weight excluding hydrogens is 328 g/mol. The molecule has 6 aromatic rings. The van der Waals surface area contributed by atoms with E-state index in [-0.39, 0.29) is 0 Å². The molecule has 0 bridgehead atoms. The van der Waals surface area contributed by atoms with Gasteiger partial charge in [-0.05, 0) is 40.1 Å². The lowest BCUT2D eigenvalue weighted by atomic mass is 9.96. The molecule has 27 heavy (non-hydrogen) atoms. The van der Waals surface area contributed by atoms with E-state index in [1.165, 1.54) is 38.2 Å². The number of hydrogen-bond donors (Lipinski definition) is 0. The van der Waals surface area contributed by atoms with Crippen LogP contribution in [0.5, 0.6) is 0 Å². The van der Waals surface area contributed by atoms with Crippen LogP contribution < -0.4 is 0 Å². The first kappa shape index (κ1) is 14.5. The van der Waals surface area contributed by atoms with Crippen LogP contribution in [-0.2, 0) is 0 Å². The van der Waals surface area contributed by atoms with E-state index in [0.717, 1.165) is 11.2 Å². The molecule has 6 rings (SSSR count). The summed E-state index contributed by atoms with van der Waals surface area (Å²) in [6, 6.07) is 32.1. The van der Waals surface area contributed by atoms with Gasteiger partial charge in [0.2, 0.25) is 0 Å². The Morgan fingerprint density at radius 1 is 0.556 bits per heavy atom. The molecule has 0 amide bonds. The second-order valence-electron chi connectivity index (χ2n) is 6.91. The highest BCUT2D eigenvalue weighted by atomic mass is 15.0. The first-order chi connectivity index (χ1) is 13.4. The Kier molecular flexibility index (Phi) is 2.91. The molecule has 0 saturated heterocycles. The van der Waals surface area contributed by atoms with Crippen molar-refractivity contribution in [3.8, 4) is 11.1 Å². The van der Waals surface area contributed by atoms with Crippen LogP contribution >= 0.6 is 0 Å². The fraction of sp³-hybridized carbons (Fsp3) is 0. The molecular formula is C25H16N2. The van der Waals surface area contributed by atoms with E-state index in [2.05, 4.69) is 95.5 Å². The van der Waals surface area contributed by atoms with Gasteiger partial charge in [-0.25, -0.2) is 4.98 Å². The van der Waals surface area contributed by atoms with E-state index in [1.54, 1.807) is 0 Å². The molecule has 0 saturated carbocycles. The van der Waals surface area contributed by atoms with E-state index in [9.17, 15) is 0 Å². The lowest BCUT2D eigenvalue weighted by Crippen LogP contribution is -1.87.